The first-order chi connectivity index (χ1) is 13.0. The van der Waals surface area contributed by atoms with Gasteiger partial charge in [-0.2, -0.15) is 0 Å². The van der Waals surface area contributed by atoms with Gasteiger partial charge >= 0.3 is 6.09 Å². The highest BCUT2D eigenvalue weighted by atomic mass is 16.6. The fraction of sp³-hybridized carbons (Fsp3) is 0.409. The van der Waals surface area contributed by atoms with Gasteiger partial charge < -0.3 is 19.6 Å². The predicted octanol–water partition coefficient (Wildman–Crippen LogP) is 2.93. The van der Waals surface area contributed by atoms with Gasteiger partial charge in [-0.3, -0.25) is 0 Å². The molecule has 1 heterocycles. The van der Waals surface area contributed by atoms with Crippen molar-refractivity contribution in [1.29, 1.82) is 0 Å². The fourth-order valence-electron chi connectivity index (χ4n) is 4.39. The maximum atomic E-state index is 12.7. The van der Waals surface area contributed by atoms with Crippen molar-refractivity contribution in [3.05, 3.63) is 59.7 Å². The van der Waals surface area contributed by atoms with Gasteiger partial charge in [0.2, 0.25) is 0 Å². The van der Waals surface area contributed by atoms with Crippen LogP contribution in [-0.4, -0.2) is 66.9 Å². The molecule has 0 radical (unpaired) electrons. The van der Waals surface area contributed by atoms with E-state index in [4.69, 9.17) is 4.74 Å². The van der Waals surface area contributed by atoms with Gasteiger partial charge in [0, 0.05) is 12.5 Å². The number of benzene rings is 2. The third-order valence-electron chi connectivity index (χ3n) is 5.54. The van der Waals surface area contributed by atoms with Crippen molar-refractivity contribution in [3.8, 4) is 11.1 Å². The molecule has 5 heteroatoms. The number of fused-ring (bicyclic) bond motifs is 3. The van der Waals surface area contributed by atoms with Crippen LogP contribution in [0.1, 0.15) is 23.5 Å². The lowest BCUT2D eigenvalue weighted by Gasteiger charge is -2.26. The van der Waals surface area contributed by atoms with E-state index in [1.807, 2.05) is 43.3 Å². The van der Waals surface area contributed by atoms with Gasteiger partial charge in [0.1, 0.15) is 6.61 Å². The van der Waals surface area contributed by atoms with Crippen LogP contribution in [0.25, 0.3) is 11.1 Å². The Morgan fingerprint density at radius 2 is 1.70 bits per heavy atom. The first-order valence-electron chi connectivity index (χ1n) is 9.49. The fourth-order valence-corrected chi connectivity index (χ4v) is 4.39. The first-order valence-corrected chi connectivity index (χ1v) is 9.49. The van der Waals surface area contributed by atoms with E-state index in [9.17, 15) is 9.90 Å². The molecule has 1 aliphatic heterocycles. The van der Waals surface area contributed by atoms with Crippen LogP contribution < -0.4 is 0 Å². The van der Waals surface area contributed by atoms with Gasteiger partial charge in [0.15, 0.2) is 0 Å². The van der Waals surface area contributed by atoms with Crippen molar-refractivity contribution < 1.29 is 14.6 Å². The average Bonchev–Trinajstić information content (AvgIpc) is 3.17. The standard InChI is InChI=1S/C22H26N2O3/c1-23(2)12-15-11-16(25)13-24(15)22(26)27-14-21-19-9-5-3-7-17(19)18-8-4-6-10-20(18)21/h3-10,15-16,21,25H,11-14H2,1-2H3/t15-,16-/m0/s1. The molecule has 0 saturated carbocycles. The number of nitrogens with zero attached hydrogens (tertiary/aromatic N) is 2. The Kier molecular flexibility index (Phi) is 4.89. The highest BCUT2D eigenvalue weighted by molar-refractivity contribution is 5.79. The van der Waals surface area contributed by atoms with E-state index < -0.39 is 6.10 Å². The lowest BCUT2D eigenvalue weighted by molar-refractivity contribution is 0.0873. The van der Waals surface area contributed by atoms with Crippen LogP contribution in [0.2, 0.25) is 0 Å². The number of aliphatic hydroxyl groups excluding tert-OH is 1. The molecular weight excluding hydrogens is 340 g/mol. The SMILES string of the molecule is CN(C)C[C@@H]1C[C@H](O)CN1C(=O)OCC1c2ccccc2-c2ccccc21. The van der Waals surface area contributed by atoms with Crippen LogP contribution in [0.5, 0.6) is 0 Å². The molecule has 5 nitrogen and oxygen atoms in total. The van der Waals surface area contributed by atoms with Crippen LogP contribution in [-0.2, 0) is 4.74 Å². The number of aliphatic hydroxyl groups is 1. The van der Waals surface area contributed by atoms with Crippen molar-refractivity contribution in [2.45, 2.75) is 24.5 Å². The highest BCUT2D eigenvalue weighted by Crippen LogP contribution is 2.44. The number of hydrogen-bond donors (Lipinski definition) is 1. The van der Waals surface area contributed by atoms with Gasteiger partial charge in [0.25, 0.3) is 0 Å². The zero-order chi connectivity index (χ0) is 19.0. The third kappa shape index (κ3) is 3.45. The van der Waals surface area contributed by atoms with Gasteiger partial charge in [-0.1, -0.05) is 48.5 Å². The van der Waals surface area contributed by atoms with Gasteiger partial charge in [-0.05, 0) is 42.8 Å². The molecule has 0 bridgehead atoms. The summed E-state index contributed by atoms with van der Waals surface area (Å²) in [5, 5.41) is 10.0. The molecule has 27 heavy (non-hydrogen) atoms. The zero-order valence-corrected chi connectivity index (χ0v) is 15.8. The second-order valence-corrected chi connectivity index (χ2v) is 7.76. The summed E-state index contributed by atoms with van der Waals surface area (Å²) in [6, 6.07) is 16.6. The molecule has 4 rings (SSSR count). The normalized spacial score (nSPS) is 21.4. The minimum Gasteiger partial charge on any atom is -0.448 e. The van der Waals surface area contributed by atoms with Crippen LogP contribution in [0, 0.1) is 0 Å². The van der Waals surface area contributed by atoms with E-state index in [0.717, 1.165) is 6.54 Å². The molecule has 142 valence electrons. The highest BCUT2D eigenvalue weighted by Gasteiger charge is 2.36. The van der Waals surface area contributed by atoms with E-state index in [2.05, 4.69) is 24.3 Å². The van der Waals surface area contributed by atoms with Crippen molar-refractivity contribution in [2.24, 2.45) is 0 Å². The van der Waals surface area contributed by atoms with Crippen LogP contribution in [0.3, 0.4) is 0 Å². The number of β-amino-alcohol motifs (C(OH)–C–C–N with tert-alkyl or cyclic N) is 1. The minimum absolute atomic E-state index is 0.00866. The summed E-state index contributed by atoms with van der Waals surface area (Å²) in [6.07, 6.45) is -0.210. The molecule has 0 spiro atoms. The topological polar surface area (TPSA) is 53.0 Å². The molecule has 1 saturated heterocycles. The summed E-state index contributed by atoms with van der Waals surface area (Å²) in [5.74, 6) is 0.0566. The molecule has 1 fully saturated rings. The second-order valence-electron chi connectivity index (χ2n) is 7.76. The van der Waals surface area contributed by atoms with E-state index in [0.29, 0.717) is 19.6 Å². The quantitative estimate of drug-likeness (QED) is 0.904. The van der Waals surface area contributed by atoms with Gasteiger partial charge in [0.05, 0.1) is 18.7 Å². The molecule has 2 aromatic carbocycles. The smallest absolute Gasteiger partial charge is 0.410 e. The molecule has 1 amide bonds. The molecule has 2 atom stereocenters. The number of rotatable bonds is 4. The van der Waals surface area contributed by atoms with Crippen molar-refractivity contribution in [2.75, 3.05) is 33.8 Å². The maximum absolute atomic E-state index is 12.7. The van der Waals surface area contributed by atoms with E-state index >= 15 is 0 Å². The van der Waals surface area contributed by atoms with Gasteiger partial charge in [-0.25, -0.2) is 4.79 Å². The zero-order valence-electron chi connectivity index (χ0n) is 15.8. The maximum Gasteiger partial charge on any atom is 0.410 e. The number of ether oxygens (including phenoxy) is 1. The van der Waals surface area contributed by atoms with E-state index in [1.54, 1.807) is 4.90 Å². The van der Waals surface area contributed by atoms with Gasteiger partial charge in [-0.15, -0.1) is 0 Å². The number of hydrogen-bond acceptors (Lipinski definition) is 4. The molecule has 0 unspecified atom stereocenters. The number of likely N-dealkylation sites (N-methyl/N-ethyl adjacent to an activating group) is 1. The first kappa shape index (κ1) is 18.0. The largest absolute Gasteiger partial charge is 0.448 e. The van der Waals surface area contributed by atoms with Crippen molar-refractivity contribution >= 4 is 6.09 Å². The summed E-state index contributed by atoms with van der Waals surface area (Å²) in [5.41, 5.74) is 4.85. The van der Waals surface area contributed by atoms with Crippen molar-refractivity contribution in [3.63, 3.8) is 0 Å². The summed E-state index contributed by atoms with van der Waals surface area (Å²) >= 11 is 0. The predicted molar refractivity (Wildman–Crippen MR) is 105 cm³/mol. The second kappa shape index (κ2) is 7.33. The summed E-state index contributed by atoms with van der Waals surface area (Å²) in [4.78, 5) is 16.4. The number of carbonyl (C=O) groups is 1. The Balaban J connectivity index is 1.49. The summed E-state index contributed by atoms with van der Waals surface area (Å²) in [6.45, 7) is 1.38. The minimum atomic E-state index is -0.476. The van der Waals surface area contributed by atoms with Crippen LogP contribution >= 0.6 is 0 Å². The molecule has 1 N–H and O–H groups in total. The molecule has 2 aromatic rings. The lowest BCUT2D eigenvalue weighted by Crippen LogP contribution is -2.42. The monoisotopic (exact) mass is 366 g/mol. The van der Waals surface area contributed by atoms with Crippen LogP contribution in [0.4, 0.5) is 4.79 Å². The summed E-state index contributed by atoms with van der Waals surface area (Å²) < 4.78 is 5.74. The Labute approximate surface area is 160 Å². The molecule has 0 aromatic heterocycles. The Morgan fingerprint density at radius 3 is 2.30 bits per heavy atom. The Bertz CT molecular complexity index is 790. The summed E-state index contributed by atoms with van der Waals surface area (Å²) in [7, 11) is 3.95. The number of amides is 1. The van der Waals surface area contributed by atoms with Crippen LogP contribution in [0.15, 0.2) is 48.5 Å². The van der Waals surface area contributed by atoms with E-state index in [-0.39, 0.29) is 18.1 Å². The average molecular weight is 366 g/mol. The third-order valence-corrected chi connectivity index (χ3v) is 5.54. The molecule has 2 aliphatic rings. The molecule has 1 aliphatic carbocycles. The van der Waals surface area contributed by atoms with Crippen molar-refractivity contribution in [1.82, 2.24) is 9.80 Å². The Morgan fingerprint density at radius 1 is 1.11 bits per heavy atom. The lowest BCUT2D eigenvalue weighted by atomic mass is 9.98. The number of likely N-dealkylation sites (tertiary alicyclic amines) is 1. The molecular formula is C22H26N2O3. The number of carbonyl (C=O) groups excluding carboxylic acids is 1. The Hall–Kier alpha value is -2.37. The van der Waals surface area contributed by atoms with E-state index in [1.165, 1.54) is 22.3 Å².